The highest BCUT2D eigenvalue weighted by Gasteiger charge is 2.38. The lowest BCUT2D eigenvalue weighted by molar-refractivity contribution is 0.0581. The van der Waals surface area contributed by atoms with Gasteiger partial charge in [0.2, 0.25) is 0 Å². The Kier molecular flexibility index (Phi) is 101. The van der Waals surface area contributed by atoms with E-state index >= 15 is 0 Å². The Bertz CT molecular complexity index is 3450. The minimum Gasteiger partial charge on any atom is -0.0683 e. The summed E-state index contributed by atoms with van der Waals surface area (Å²) in [5, 5.41) is 2.62. The summed E-state index contributed by atoms with van der Waals surface area (Å²) in [7, 11) is 0. The Labute approximate surface area is 822 Å². The van der Waals surface area contributed by atoms with Gasteiger partial charge in [-0.15, -0.1) is 0 Å². The van der Waals surface area contributed by atoms with E-state index in [9.17, 15) is 0 Å². The predicted molar refractivity (Wildman–Crippen MR) is 613 cm³/mol. The minimum absolute atomic E-state index is 0.500. The summed E-state index contributed by atoms with van der Waals surface area (Å²) < 4.78 is 0. The second kappa shape index (κ2) is 95.6. The number of rotatable bonds is 6. The van der Waals surface area contributed by atoms with E-state index in [1.807, 2.05) is 202 Å². The van der Waals surface area contributed by atoms with E-state index in [1.54, 1.807) is 6.42 Å². The van der Waals surface area contributed by atoms with Gasteiger partial charge >= 0.3 is 0 Å². The fourth-order valence-electron chi connectivity index (χ4n) is 14.3. The zero-order chi connectivity index (χ0) is 102. The molecule has 0 spiro atoms. The summed E-state index contributed by atoms with van der Waals surface area (Å²) in [4.78, 5) is 0. The quantitative estimate of drug-likeness (QED) is 0.156. The fraction of sp³-hybridized carbons (Fsp3) is 0.557. The van der Waals surface area contributed by atoms with Crippen molar-refractivity contribution in [2.24, 2.45) is 51.2 Å². The molecule has 0 radical (unpaired) electrons. The van der Waals surface area contributed by atoms with Crippen molar-refractivity contribution in [1.82, 2.24) is 0 Å². The Morgan fingerprint density at radius 2 is 0.443 bits per heavy atom. The van der Waals surface area contributed by atoms with Gasteiger partial charge in [0.1, 0.15) is 0 Å². The largest absolute Gasteiger partial charge is 0.0683 e. The van der Waals surface area contributed by atoms with Crippen LogP contribution in [0, 0.1) is 99.7 Å². The molecule has 4 fully saturated rings. The maximum atomic E-state index is 2.46. The Morgan fingerprint density at radius 3 is 0.641 bits per heavy atom. The monoisotopic (exact) mass is 1790 g/mol. The Morgan fingerprint density at radius 1 is 0.252 bits per heavy atom. The van der Waals surface area contributed by atoms with E-state index in [0.717, 1.165) is 36.0 Å². The molecule has 0 saturated heterocycles. The second-order valence-corrected chi connectivity index (χ2v) is 38.4. The van der Waals surface area contributed by atoms with Crippen molar-refractivity contribution in [3.63, 3.8) is 0 Å². The van der Waals surface area contributed by atoms with Crippen LogP contribution in [0.4, 0.5) is 0 Å². The third-order valence-corrected chi connectivity index (χ3v) is 20.2. The highest BCUT2D eigenvalue weighted by molar-refractivity contribution is 5.82. The third-order valence-electron chi connectivity index (χ3n) is 20.2. The molecule has 2 unspecified atom stereocenters. The van der Waals surface area contributed by atoms with Crippen LogP contribution >= 0.6 is 0 Å². The van der Waals surface area contributed by atoms with Crippen LogP contribution in [0.2, 0.25) is 0 Å². The van der Waals surface area contributed by atoms with Crippen molar-refractivity contribution < 1.29 is 0 Å². The SMILES string of the molecule is C1CCCCC1.CC.CC.CC.CC.CC.CC.CC.CC.CC(C)(C)C.CC(C)(C)C.CC1CCC(CC2CCC(C)CC2)CC1.CCC.CCC.CCC1(C)CC(C)CC(C)(C)C1.Cc1ccc(-c2ccc(C)cc2)cc1.Cc1ccc(C)cc1.Cc1ccc(Cc2ccc(C)cc2)cc1.Cc1ccccc1.c1ccc2ccccc2c1.c1ccccc1.c1ccccc1. The number of hydrogen-bond acceptors (Lipinski definition) is 0. The molecule has 0 heterocycles. The molecule has 0 amide bonds. The molecule has 4 saturated carbocycles. The Balaban J connectivity index is -0.000000209. The Hall–Kier alpha value is -7.54. The van der Waals surface area contributed by atoms with Gasteiger partial charge in [-0.1, -0.05) is 663 Å². The molecule has 744 valence electrons. The molecular weight excluding hydrogens is 1570 g/mol. The van der Waals surface area contributed by atoms with Crippen LogP contribution in [0.5, 0.6) is 0 Å². The van der Waals surface area contributed by atoms with Crippen LogP contribution in [-0.4, -0.2) is 0 Å². The first kappa shape index (κ1) is 139. The van der Waals surface area contributed by atoms with Crippen molar-refractivity contribution in [3.8, 4) is 11.1 Å². The highest BCUT2D eigenvalue weighted by atomic mass is 14.4. The first-order chi connectivity index (χ1) is 62.6. The molecule has 4 aliphatic rings. The van der Waals surface area contributed by atoms with Gasteiger partial charge in [-0.2, -0.15) is 0 Å². The van der Waals surface area contributed by atoms with Gasteiger partial charge in [0.05, 0.1) is 0 Å². The van der Waals surface area contributed by atoms with Gasteiger partial charge in [0.25, 0.3) is 0 Å². The van der Waals surface area contributed by atoms with Crippen molar-refractivity contribution in [1.29, 1.82) is 0 Å². The number of benzene rings is 10. The normalized spacial score (nSPS) is 16.1. The van der Waals surface area contributed by atoms with E-state index in [2.05, 4.69) is 362 Å². The molecule has 10 aromatic rings. The average molecular weight is 1800 g/mol. The molecule has 0 N–H and O–H groups in total. The zero-order valence-corrected chi connectivity index (χ0v) is 94.9. The predicted octanol–water partition coefficient (Wildman–Crippen LogP) is 45.1. The third kappa shape index (κ3) is 94.0. The van der Waals surface area contributed by atoms with Crippen LogP contribution in [0.1, 0.15) is 427 Å². The molecule has 4 aliphatic carbocycles. The summed E-state index contributed by atoms with van der Waals surface area (Å²) in [5.74, 6) is 5.16. The average Bonchev–Trinajstić information content (AvgIpc) is 0.809. The summed E-state index contributed by atoms with van der Waals surface area (Å²) in [5.41, 5.74) is 16.8. The molecular formula is C131H220. The van der Waals surface area contributed by atoms with Gasteiger partial charge in [-0.25, -0.2) is 0 Å². The standard InChI is InChI=1S/C15H28.C15H16.C14H14.C12H24.C10H8.C8H10.C7H8.C6H12.2C6H6.2C5H12.2C3H8.8C2H6/c2*1-12-3-7-14(8-4-12)11-15-9-5-13(2)6-10-15;1-11-3-7-13(8-4-11)14-9-5-12(2)6-10-14;1-6-12(5)8-10(2)7-11(3,4)9-12;1-2-6-10-8-4-3-7-9(10)5-1;1-7-3-5-8(2)6-4-7;1-7-5-3-2-4-6-7;3*1-2-4-6-5-3-1;2*1-5(2,3)4;2*1-3-2;8*1-2/h12-15H,3-11H2,1-2H3;3-10H,11H2,1-2H3;3-10H,1-2H3;10H,6-9H2,1-5H3;1-8H;3-6H,1-2H3;2-6H,1H3;1-6H2;2*1-6H;2*1-4H3;2*3H2,1-2H3;8*1-2H3. The zero-order valence-electron chi connectivity index (χ0n) is 94.9. The maximum Gasteiger partial charge on any atom is -0.00258 e. The van der Waals surface area contributed by atoms with Crippen molar-refractivity contribution in [2.75, 3.05) is 0 Å². The molecule has 0 aromatic heterocycles. The van der Waals surface area contributed by atoms with Crippen molar-refractivity contribution in [3.05, 3.63) is 323 Å². The van der Waals surface area contributed by atoms with E-state index in [0.29, 0.717) is 21.7 Å². The molecule has 10 aromatic carbocycles. The van der Waals surface area contributed by atoms with E-state index in [1.165, 1.54) is 200 Å². The van der Waals surface area contributed by atoms with Crippen molar-refractivity contribution in [2.45, 2.75) is 432 Å². The van der Waals surface area contributed by atoms with Crippen LogP contribution in [0.3, 0.4) is 0 Å². The molecule has 2 atom stereocenters. The summed E-state index contributed by atoms with van der Waals surface area (Å²) in [6.07, 6.45) is 31.9. The van der Waals surface area contributed by atoms with Crippen molar-refractivity contribution >= 4 is 10.8 Å². The number of fused-ring (bicyclic) bond motifs is 1. The minimum atomic E-state index is 0.500. The second-order valence-electron chi connectivity index (χ2n) is 38.4. The smallest absolute Gasteiger partial charge is 0.00258 e. The molecule has 14 rings (SSSR count). The van der Waals surface area contributed by atoms with E-state index in [-0.39, 0.29) is 0 Å². The molecule has 0 heteroatoms. The number of hydrogen-bond donors (Lipinski definition) is 0. The first-order valence-electron chi connectivity index (χ1n) is 53.3. The van der Waals surface area contributed by atoms with Gasteiger partial charge in [-0.05, 0) is 165 Å². The van der Waals surface area contributed by atoms with Crippen LogP contribution in [-0.2, 0) is 6.42 Å². The van der Waals surface area contributed by atoms with Gasteiger partial charge in [0, 0.05) is 0 Å². The lowest BCUT2D eigenvalue weighted by Gasteiger charge is -2.45. The van der Waals surface area contributed by atoms with Crippen LogP contribution < -0.4 is 0 Å². The molecule has 0 aliphatic heterocycles. The molecule has 0 nitrogen and oxygen atoms in total. The number of aryl methyl sites for hydroxylation is 7. The lowest BCUT2D eigenvalue weighted by atomic mass is 9.60. The first-order valence-corrected chi connectivity index (χ1v) is 53.3. The van der Waals surface area contributed by atoms with Gasteiger partial charge < -0.3 is 0 Å². The molecule has 0 bridgehead atoms. The highest BCUT2D eigenvalue weighted by Crippen LogP contribution is 2.50. The van der Waals surface area contributed by atoms with E-state index in [4.69, 9.17) is 0 Å². The van der Waals surface area contributed by atoms with E-state index < -0.39 is 0 Å². The lowest BCUT2D eigenvalue weighted by Crippen LogP contribution is -2.34. The van der Waals surface area contributed by atoms with Gasteiger partial charge in [-0.3, -0.25) is 0 Å². The molecule has 131 heavy (non-hydrogen) atoms. The van der Waals surface area contributed by atoms with Gasteiger partial charge in [0.15, 0.2) is 0 Å². The van der Waals surface area contributed by atoms with Crippen LogP contribution in [0.15, 0.2) is 273 Å². The summed E-state index contributed by atoms with van der Waals surface area (Å²) >= 11 is 0. The maximum absolute atomic E-state index is 2.46. The summed E-state index contributed by atoms with van der Waals surface area (Å²) in [6, 6.07) is 94.2. The van der Waals surface area contributed by atoms with Crippen LogP contribution in [0.25, 0.3) is 21.9 Å². The summed E-state index contributed by atoms with van der Waals surface area (Å²) in [6.45, 7) is 89.7. The topological polar surface area (TPSA) is 0 Å². The fourth-order valence-corrected chi connectivity index (χ4v) is 14.3.